The number of methoxy groups -OCH3 is 1. The lowest BCUT2D eigenvalue weighted by Gasteiger charge is -2.35. The predicted molar refractivity (Wildman–Crippen MR) is 79.8 cm³/mol. The number of ether oxygens (including phenoxy) is 2. The number of cyclic esters (lactones) is 1. The Labute approximate surface area is 142 Å². The monoisotopic (exact) mass is 358 g/mol. The van der Waals surface area contributed by atoms with E-state index in [9.17, 15) is 22.8 Å². The van der Waals surface area contributed by atoms with Crippen LogP contribution in [0.2, 0.25) is 0 Å². The predicted octanol–water partition coefficient (Wildman–Crippen LogP) is 2.17. The molecule has 0 bridgehead atoms. The lowest BCUT2D eigenvalue weighted by Crippen LogP contribution is -2.47. The molecule has 9 heteroatoms. The molecule has 0 aliphatic carbocycles. The molecular weight excluding hydrogens is 341 g/mol. The molecule has 2 aliphatic rings. The number of rotatable bonds is 3. The van der Waals surface area contributed by atoms with Crippen molar-refractivity contribution in [2.75, 3.05) is 33.4 Å². The molecular formula is C16H17F3N2O4. The zero-order chi connectivity index (χ0) is 18.1. The number of hydrogen-bond donors (Lipinski definition) is 0. The summed E-state index contributed by atoms with van der Waals surface area (Å²) in [4.78, 5) is 27.0. The first kappa shape index (κ1) is 17.4. The van der Waals surface area contributed by atoms with Crippen LogP contribution < -0.4 is 4.74 Å². The third-order valence-electron chi connectivity index (χ3n) is 4.54. The van der Waals surface area contributed by atoms with E-state index in [0.717, 1.165) is 7.11 Å². The standard InChI is InChI=1S/C16H17F3N2O4/c1-24-14-12(18)10(8-11(17)13(14)19)15(22)20-4-2-9(3-5-20)21-6-7-25-16(21)23/h8-9H,2-7H2,1H3. The van der Waals surface area contributed by atoms with Gasteiger partial charge in [0, 0.05) is 19.1 Å². The number of piperidine rings is 1. The fourth-order valence-corrected chi connectivity index (χ4v) is 3.20. The van der Waals surface area contributed by atoms with Gasteiger partial charge in [-0.25, -0.2) is 13.6 Å². The number of amides is 2. The van der Waals surface area contributed by atoms with E-state index in [0.29, 0.717) is 32.1 Å². The molecule has 25 heavy (non-hydrogen) atoms. The fraction of sp³-hybridized carbons (Fsp3) is 0.500. The van der Waals surface area contributed by atoms with Crippen LogP contribution in [0, 0.1) is 17.5 Å². The number of likely N-dealkylation sites (tertiary alicyclic amines) is 1. The summed E-state index contributed by atoms with van der Waals surface area (Å²) in [6.45, 7) is 1.40. The molecule has 3 rings (SSSR count). The molecule has 0 aromatic heterocycles. The first-order valence-electron chi connectivity index (χ1n) is 7.88. The average molecular weight is 358 g/mol. The Hall–Kier alpha value is -2.45. The minimum atomic E-state index is -1.47. The third-order valence-corrected chi connectivity index (χ3v) is 4.54. The second-order valence-corrected chi connectivity index (χ2v) is 5.90. The van der Waals surface area contributed by atoms with Crippen molar-refractivity contribution in [3.63, 3.8) is 0 Å². The topological polar surface area (TPSA) is 59.1 Å². The van der Waals surface area contributed by atoms with Gasteiger partial charge in [-0.2, -0.15) is 4.39 Å². The first-order valence-corrected chi connectivity index (χ1v) is 7.88. The quantitative estimate of drug-likeness (QED) is 0.777. The molecule has 0 N–H and O–H groups in total. The second-order valence-electron chi connectivity index (χ2n) is 5.90. The molecule has 0 atom stereocenters. The molecule has 0 unspecified atom stereocenters. The molecule has 1 aromatic rings. The largest absolute Gasteiger partial charge is 0.491 e. The summed E-state index contributed by atoms with van der Waals surface area (Å²) in [5.74, 6) is -5.70. The maximum atomic E-state index is 14.2. The van der Waals surface area contributed by atoms with Gasteiger partial charge in [-0.15, -0.1) is 0 Å². The van der Waals surface area contributed by atoms with E-state index in [4.69, 9.17) is 4.74 Å². The summed E-state index contributed by atoms with van der Waals surface area (Å²) in [7, 11) is 0.996. The van der Waals surface area contributed by atoms with Crippen LogP contribution in [0.25, 0.3) is 0 Å². The Balaban J connectivity index is 1.73. The molecule has 2 fully saturated rings. The van der Waals surface area contributed by atoms with Crippen molar-refractivity contribution in [2.45, 2.75) is 18.9 Å². The lowest BCUT2D eigenvalue weighted by atomic mass is 10.0. The summed E-state index contributed by atoms with van der Waals surface area (Å²) in [6.07, 6.45) is 0.633. The van der Waals surface area contributed by atoms with E-state index in [1.807, 2.05) is 0 Å². The fourth-order valence-electron chi connectivity index (χ4n) is 3.20. The van der Waals surface area contributed by atoms with Crippen molar-refractivity contribution in [2.24, 2.45) is 0 Å². The Morgan fingerprint density at radius 2 is 1.88 bits per heavy atom. The van der Waals surface area contributed by atoms with E-state index in [-0.39, 0.29) is 25.2 Å². The van der Waals surface area contributed by atoms with Crippen LogP contribution in [0.15, 0.2) is 6.07 Å². The number of carbonyl (C=O) groups is 2. The van der Waals surface area contributed by atoms with Crippen LogP contribution in [0.1, 0.15) is 23.2 Å². The smallest absolute Gasteiger partial charge is 0.410 e. The van der Waals surface area contributed by atoms with Crippen molar-refractivity contribution in [3.8, 4) is 5.75 Å². The van der Waals surface area contributed by atoms with Crippen LogP contribution in [-0.4, -0.2) is 61.2 Å². The Bertz CT molecular complexity index is 705. The molecule has 6 nitrogen and oxygen atoms in total. The number of halogens is 3. The normalized spacial score (nSPS) is 18.5. The highest BCUT2D eigenvalue weighted by molar-refractivity contribution is 5.95. The van der Waals surface area contributed by atoms with Crippen LogP contribution in [0.4, 0.5) is 18.0 Å². The van der Waals surface area contributed by atoms with Gasteiger partial charge in [0.05, 0.1) is 19.2 Å². The van der Waals surface area contributed by atoms with Crippen molar-refractivity contribution >= 4 is 12.0 Å². The van der Waals surface area contributed by atoms with Gasteiger partial charge in [0.2, 0.25) is 5.82 Å². The van der Waals surface area contributed by atoms with Gasteiger partial charge < -0.3 is 19.3 Å². The Kier molecular flexibility index (Phi) is 4.73. The number of hydrogen-bond acceptors (Lipinski definition) is 4. The zero-order valence-corrected chi connectivity index (χ0v) is 13.6. The van der Waals surface area contributed by atoms with Crippen molar-refractivity contribution in [3.05, 3.63) is 29.1 Å². The summed E-state index contributed by atoms with van der Waals surface area (Å²) in [6, 6.07) is 0.489. The van der Waals surface area contributed by atoms with Gasteiger partial charge in [0.1, 0.15) is 6.61 Å². The second kappa shape index (κ2) is 6.81. The van der Waals surface area contributed by atoms with Crippen LogP contribution >= 0.6 is 0 Å². The Morgan fingerprint density at radius 3 is 2.44 bits per heavy atom. The molecule has 136 valence electrons. The van der Waals surface area contributed by atoms with E-state index >= 15 is 0 Å². The highest BCUT2D eigenvalue weighted by atomic mass is 19.2. The molecule has 2 amide bonds. The Morgan fingerprint density at radius 1 is 1.20 bits per heavy atom. The first-order chi connectivity index (χ1) is 11.9. The number of carbonyl (C=O) groups excluding carboxylic acids is 2. The van der Waals surface area contributed by atoms with Gasteiger partial charge >= 0.3 is 6.09 Å². The maximum Gasteiger partial charge on any atom is 0.410 e. The molecule has 1 aromatic carbocycles. The molecule has 2 saturated heterocycles. The van der Waals surface area contributed by atoms with Crippen molar-refractivity contribution < 1.29 is 32.2 Å². The van der Waals surface area contributed by atoms with Gasteiger partial charge in [-0.3, -0.25) is 4.79 Å². The highest BCUT2D eigenvalue weighted by Gasteiger charge is 2.34. The summed E-state index contributed by atoms with van der Waals surface area (Å²) >= 11 is 0. The van der Waals surface area contributed by atoms with Crippen molar-refractivity contribution in [1.82, 2.24) is 9.80 Å². The molecule has 2 heterocycles. The van der Waals surface area contributed by atoms with Gasteiger partial charge in [-0.05, 0) is 18.9 Å². The SMILES string of the molecule is COc1c(F)c(F)cc(C(=O)N2CCC(N3CCOC3=O)CC2)c1F. The van der Waals surface area contributed by atoms with Crippen LogP contribution in [0.5, 0.6) is 5.75 Å². The van der Waals surface area contributed by atoms with Gasteiger partial charge in [0.15, 0.2) is 17.4 Å². The van der Waals surface area contributed by atoms with Crippen LogP contribution in [0.3, 0.4) is 0 Å². The number of benzene rings is 1. The van der Waals surface area contributed by atoms with Gasteiger partial charge in [-0.1, -0.05) is 0 Å². The maximum absolute atomic E-state index is 14.2. The molecule has 0 saturated carbocycles. The van der Waals surface area contributed by atoms with Gasteiger partial charge in [0.25, 0.3) is 5.91 Å². The summed E-state index contributed by atoms with van der Waals surface area (Å²) < 4.78 is 50.7. The highest BCUT2D eigenvalue weighted by Crippen LogP contribution is 2.29. The van der Waals surface area contributed by atoms with Crippen molar-refractivity contribution in [1.29, 1.82) is 0 Å². The molecule has 0 radical (unpaired) electrons. The van der Waals surface area contributed by atoms with E-state index < -0.39 is 34.7 Å². The van der Waals surface area contributed by atoms with E-state index in [1.165, 1.54) is 4.90 Å². The average Bonchev–Trinajstić information content (AvgIpc) is 3.04. The van der Waals surface area contributed by atoms with Crippen LogP contribution in [-0.2, 0) is 4.74 Å². The number of nitrogens with zero attached hydrogens (tertiary/aromatic N) is 2. The zero-order valence-electron chi connectivity index (χ0n) is 13.6. The van der Waals surface area contributed by atoms with E-state index in [1.54, 1.807) is 4.90 Å². The third kappa shape index (κ3) is 3.10. The minimum absolute atomic E-state index is 0.0524. The lowest BCUT2D eigenvalue weighted by molar-refractivity contribution is 0.0652. The summed E-state index contributed by atoms with van der Waals surface area (Å²) in [5, 5.41) is 0. The van der Waals surface area contributed by atoms with E-state index in [2.05, 4.69) is 4.74 Å². The summed E-state index contributed by atoms with van der Waals surface area (Å²) in [5.41, 5.74) is -0.574. The molecule has 2 aliphatic heterocycles. The minimum Gasteiger partial charge on any atom is -0.491 e. The molecule has 0 spiro atoms.